The van der Waals surface area contributed by atoms with Crippen LogP contribution in [-0.4, -0.2) is 48.5 Å². The second-order valence-corrected chi connectivity index (χ2v) is 8.81. The lowest BCUT2D eigenvalue weighted by molar-refractivity contribution is -0.736. The third-order valence-electron chi connectivity index (χ3n) is 6.27. The number of nitrogens with zero attached hydrogens (tertiary/aromatic N) is 3. The molecule has 0 saturated carbocycles. The molecular weight excluding hydrogens is 445 g/mol. The lowest BCUT2D eigenvalue weighted by Gasteiger charge is -2.33. The first-order valence-corrected chi connectivity index (χ1v) is 11.9. The second kappa shape index (κ2) is 10.8. The molecule has 2 atom stereocenters. The molecule has 0 aromatic heterocycles. The second-order valence-electron chi connectivity index (χ2n) is 8.81. The molecule has 0 spiro atoms. The molecule has 0 amide bonds. The summed E-state index contributed by atoms with van der Waals surface area (Å²) in [5, 5.41) is 0. The molecule has 7 heteroatoms. The van der Waals surface area contributed by atoms with Gasteiger partial charge in [-0.15, -0.1) is 0 Å². The monoisotopic (exact) mass is 474 g/mol. The number of alkyl halides is 1. The van der Waals surface area contributed by atoms with Crippen molar-refractivity contribution in [3.8, 4) is 0 Å². The number of morpholine rings is 1. The smallest absolute Gasteiger partial charge is 0.326 e. The Bertz CT molecular complexity index is 1130. The molecule has 3 aromatic carbocycles. The van der Waals surface area contributed by atoms with Crippen molar-refractivity contribution >= 4 is 11.4 Å². The van der Waals surface area contributed by atoms with E-state index in [-0.39, 0.29) is 6.61 Å². The Labute approximate surface area is 204 Å². The quantitative estimate of drug-likeness (QED) is 0.432. The van der Waals surface area contributed by atoms with Crippen molar-refractivity contribution < 1.29 is 18.9 Å². The number of anilines is 1. The van der Waals surface area contributed by atoms with Gasteiger partial charge in [0.1, 0.15) is 0 Å². The van der Waals surface area contributed by atoms with Gasteiger partial charge in [-0.2, -0.15) is 0 Å². The number of hydrogen-bond acceptors (Lipinski definition) is 5. The fourth-order valence-corrected chi connectivity index (χ4v) is 4.63. The summed E-state index contributed by atoms with van der Waals surface area (Å²) in [7, 11) is 0. The van der Waals surface area contributed by atoms with E-state index < -0.39 is 12.4 Å². The summed E-state index contributed by atoms with van der Waals surface area (Å²) in [4.78, 5) is 23.1. The third-order valence-corrected chi connectivity index (χ3v) is 6.27. The van der Waals surface area contributed by atoms with E-state index in [0.717, 1.165) is 13.1 Å². The van der Waals surface area contributed by atoms with Gasteiger partial charge in [-0.1, -0.05) is 72.8 Å². The maximum atomic E-state index is 14.6. The lowest BCUT2D eigenvalue weighted by atomic mass is 10.1. The van der Waals surface area contributed by atoms with Crippen LogP contribution in [0, 0.1) is 4.91 Å². The Morgan fingerprint density at radius 1 is 0.914 bits per heavy atom. The lowest BCUT2D eigenvalue weighted by Crippen LogP contribution is -2.43. The largest absolute Gasteiger partial charge is 0.375 e. The minimum atomic E-state index is -1.25. The van der Waals surface area contributed by atoms with Gasteiger partial charge in [0, 0.05) is 32.3 Å². The molecule has 2 heterocycles. The number of halogens is 1. The molecule has 1 unspecified atom stereocenters. The molecule has 0 N–H and O–H groups in total. The third kappa shape index (κ3) is 5.58. The SMILES string of the molecule is O=[N+]1OC(CN(Cc2ccccc2)Cc2ccccc2)C=C1c1ccccc1N1CCOC[C@@H]1F. The summed E-state index contributed by atoms with van der Waals surface area (Å²) in [5.74, 6) is 0. The van der Waals surface area contributed by atoms with Crippen LogP contribution in [0.5, 0.6) is 0 Å². The van der Waals surface area contributed by atoms with E-state index in [1.807, 2.05) is 66.7 Å². The number of para-hydroxylation sites is 1. The molecule has 0 radical (unpaired) electrons. The maximum Gasteiger partial charge on any atom is 0.326 e. The molecule has 3 aromatic rings. The number of hydrogen-bond donors (Lipinski definition) is 0. The molecule has 0 aliphatic carbocycles. The molecule has 6 nitrogen and oxygen atoms in total. The topological polar surface area (TPSA) is 45.0 Å². The first-order valence-electron chi connectivity index (χ1n) is 11.9. The zero-order chi connectivity index (χ0) is 24.0. The van der Waals surface area contributed by atoms with Gasteiger partial charge >= 0.3 is 5.70 Å². The Kier molecular flexibility index (Phi) is 7.16. The highest BCUT2D eigenvalue weighted by Crippen LogP contribution is 2.33. The highest BCUT2D eigenvalue weighted by molar-refractivity contribution is 5.73. The van der Waals surface area contributed by atoms with Crippen LogP contribution in [-0.2, 0) is 22.7 Å². The predicted octanol–water partition coefficient (Wildman–Crippen LogP) is 4.95. The van der Waals surface area contributed by atoms with Gasteiger partial charge in [0.25, 0.3) is 4.92 Å². The summed E-state index contributed by atoms with van der Waals surface area (Å²) in [6.07, 6.45) is 0.174. The fraction of sp³-hybridized carbons (Fsp3) is 0.286. The molecule has 35 heavy (non-hydrogen) atoms. The Morgan fingerprint density at radius 2 is 1.54 bits per heavy atom. The summed E-state index contributed by atoms with van der Waals surface area (Å²) in [6, 6.07) is 27.9. The van der Waals surface area contributed by atoms with Crippen LogP contribution in [0.4, 0.5) is 10.1 Å². The molecule has 1 saturated heterocycles. The van der Waals surface area contributed by atoms with Gasteiger partial charge in [0.05, 0.1) is 29.4 Å². The summed E-state index contributed by atoms with van der Waals surface area (Å²) >= 11 is 0. The van der Waals surface area contributed by atoms with Crippen LogP contribution in [0.25, 0.3) is 5.70 Å². The highest BCUT2D eigenvalue weighted by Gasteiger charge is 2.39. The van der Waals surface area contributed by atoms with Gasteiger partial charge in [0.15, 0.2) is 6.30 Å². The van der Waals surface area contributed by atoms with Gasteiger partial charge in [-0.05, 0) is 23.3 Å². The molecule has 2 aliphatic heterocycles. The Balaban J connectivity index is 1.38. The van der Waals surface area contributed by atoms with Gasteiger partial charge in [-0.25, -0.2) is 9.23 Å². The normalized spacial score (nSPS) is 20.1. The van der Waals surface area contributed by atoms with Crippen molar-refractivity contribution in [2.75, 3.05) is 31.2 Å². The van der Waals surface area contributed by atoms with Gasteiger partial charge in [0.2, 0.25) is 6.10 Å². The van der Waals surface area contributed by atoms with Crippen LogP contribution in [0.15, 0.2) is 91.0 Å². The fourth-order valence-electron chi connectivity index (χ4n) is 4.63. The van der Waals surface area contributed by atoms with E-state index in [4.69, 9.17) is 9.57 Å². The average molecular weight is 475 g/mol. The first-order chi connectivity index (χ1) is 17.2. The van der Waals surface area contributed by atoms with E-state index >= 15 is 0 Å². The first kappa shape index (κ1) is 23.2. The van der Waals surface area contributed by atoms with E-state index in [9.17, 15) is 9.30 Å². The maximum absolute atomic E-state index is 14.6. The van der Waals surface area contributed by atoms with Crippen molar-refractivity contribution in [1.82, 2.24) is 4.90 Å². The van der Waals surface area contributed by atoms with E-state index in [1.54, 1.807) is 4.90 Å². The van der Waals surface area contributed by atoms with E-state index in [2.05, 4.69) is 29.2 Å². The number of ether oxygens (including phenoxy) is 1. The molecule has 2 aliphatic rings. The average Bonchev–Trinajstić information content (AvgIpc) is 3.25. The van der Waals surface area contributed by atoms with E-state index in [0.29, 0.717) is 41.6 Å². The summed E-state index contributed by atoms with van der Waals surface area (Å²) in [6.45, 7) is 2.88. The zero-order valence-electron chi connectivity index (χ0n) is 19.5. The summed E-state index contributed by atoms with van der Waals surface area (Å²) < 4.78 is 19.9. The number of benzene rings is 3. The van der Waals surface area contributed by atoms with Gasteiger partial charge < -0.3 is 9.64 Å². The molecule has 180 valence electrons. The standard InChI is InChI=1S/C28H29FN3O3/c29-28-21-34-16-15-31(28)26-14-8-7-13-25(26)27-17-24(35-32(27)33)20-30(18-22-9-3-1-4-10-22)19-23-11-5-2-6-12-23/h1-14,17,24,28H,15-16,18-21H2/q+1/t24?,28-/m1/s1. The van der Waals surface area contributed by atoms with Crippen LogP contribution in [0.2, 0.25) is 0 Å². The molecule has 5 rings (SSSR count). The van der Waals surface area contributed by atoms with Crippen molar-refractivity contribution in [2.45, 2.75) is 25.5 Å². The van der Waals surface area contributed by atoms with Crippen molar-refractivity contribution in [3.63, 3.8) is 0 Å². The molecule has 1 fully saturated rings. The van der Waals surface area contributed by atoms with Gasteiger partial charge in [-0.3, -0.25) is 4.90 Å². The van der Waals surface area contributed by atoms with Crippen molar-refractivity contribution in [3.05, 3.63) is 113 Å². The minimum Gasteiger partial charge on any atom is -0.375 e. The van der Waals surface area contributed by atoms with E-state index in [1.165, 1.54) is 11.1 Å². The van der Waals surface area contributed by atoms with Crippen LogP contribution >= 0.6 is 0 Å². The minimum absolute atomic E-state index is 0.0154. The zero-order valence-corrected chi connectivity index (χ0v) is 19.5. The molecular formula is C28H29FN3O3+. The summed E-state index contributed by atoms with van der Waals surface area (Å²) in [5.41, 5.74) is 4.12. The Morgan fingerprint density at radius 3 is 2.20 bits per heavy atom. The van der Waals surface area contributed by atoms with Crippen LogP contribution in [0.1, 0.15) is 16.7 Å². The Hall–Kier alpha value is -3.55. The number of rotatable bonds is 8. The highest BCUT2D eigenvalue weighted by atomic mass is 19.1. The van der Waals surface area contributed by atoms with Crippen LogP contribution in [0.3, 0.4) is 0 Å². The van der Waals surface area contributed by atoms with Crippen molar-refractivity contribution in [2.24, 2.45) is 0 Å². The molecule has 0 bridgehead atoms. The van der Waals surface area contributed by atoms with Crippen molar-refractivity contribution in [1.29, 1.82) is 0 Å². The van der Waals surface area contributed by atoms with Crippen LogP contribution < -0.4 is 4.90 Å². The predicted molar refractivity (Wildman–Crippen MR) is 133 cm³/mol.